The number of hydrogen-bond acceptors (Lipinski definition) is 2. The van der Waals surface area contributed by atoms with E-state index in [-0.39, 0.29) is 28.4 Å². The summed E-state index contributed by atoms with van der Waals surface area (Å²) in [4.78, 5) is 17.0. The summed E-state index contributed by atoms with van der Waals surface area (Å²) >= 11 is 15.3. The average Bonchev–Trinajstić information content (AvgIpc) is 2.57. The van der Waals surface area contributed by atoms with Crippen LogP contribution in [-0.2, 0) is 11.2 Å². The number of nitrogens with zero attached hydrogens (tertiary/aromatic N) is 1. The van der Waals surface area contributed by atoms with Crippen molar-refractivity contribution < 1.29 is 4.79 Å². The maximum atomic E-state index is 13.1. The number of carbonyl (C=O) groups is 1. The first-order chi connectivity index (χ1) is 12.0. The first-order valence-electron chi connectivity index (χ1n) is 7.68. The number of aromatic nitrogens is 1. The van der Waals surface area contributed by atoms with Gasteiger partial charge in [-0.3, -0.25) is 4.79 Å². The molecule has 25 heavy (non-hydrogen) atoms. The molecule has 1 heterocycles. The highest BCUT2D eigenvalue weighted by Gasteiger charge is 2.23. The minimum atomic E-state index is -0.347. The standard InChI is InChI=1S/C20H14BrCl2NO/c21-16-8-6-15(7-9-16)20(14-4-2-1-3-5-14)17(25)10-13-11-18(22)24-19(23)12-13/h1-9,11-12,20H,10H2. The summed E-state index contributed by atoms with van der Waals surface area (Å²) in [6, 6.07) is 20.9. The highest BCUT2D eigenvalue weighted by Crippen LogP contribution is 2.28. The Balaban J connectivity index is 1.96. The highest BCUT2D eigenvalue weighted by atomic mass is 79.9. The van der Waals surface area contributed by atoms with Gasteiger partial charge in [0.1, 0.15) is 16.1 Å². The quantitative estimate of drug-likeness (QED) is 0.454. The molecule has 0 saturated heterocycles. The van der Waals surface area contributed by atoms with Crippen LogP contribution in [0.15, 0.2) is 71.2 Å². The maximum absolute atomic E-state index is 13.1. The lowest BCUT2D eigenvalue weighted by molar-refractivity contribution is -0.119. The fourth-order valence-corrected chi connectivity index (χ4v) is 3.55. The van der Waals surface area contributed by atoms with E-state index in [0.29, 0.717) is 0 Å². The lowest BCUT2D eigenvalue weighted by atomic mass is 9.85. The van der Waals surface area contributed by atoms with Gasteiger partial charge in [-0.2, -0.15) is 0 Å². The first kappa shape index (κ1) is 18.1. The molecule has 2 nitrogen and oxygen atoms in total. The number of rotatable bonds is 5. The van der Waals surface area contributed by atoms with Crippen molar-refractivity contribution >= 4 is 44.9 Å². The predicted molar refractivity (Wildman–Crippen MR) is 105 cm³/mol. The second kappa shape index (κ2) is 8.13. The van der Waals surface area contributed by atoms with Crippen LogP contribution in [0.4, 0.5) is 0 Å². The summed E-state index contributed by atoms with van der Waals surface area (Å²) in [5.74, 6) is -0.271. The van der Waals surface area contributed by atoms with Crippen LogP contribution < -0.4 is 0 Å². The van der Waals surface area contributed by atoms with Crippen LogP contribution >= 0.6 is 39.1 Å². The van der Waals surface area contributed by atoms with Gasteiger partial charge in [0.25, 0.3) is 0 Å². The molecule has 0 saturated carbocycles. The second-order valence-corrected chi connectivity index (χ2v) is 7.35. The van der Waals surface area contributed by atoms with Crippen LogP contribution in [0.2, 0.25) is 10.3 Å². The number of benzene rings is 2. The number of ketones is 1. The largest absolute Gasteiger partial charge is 0.298 e. The lowest BCUT2D eigenvalue weighted by Crippen LogP contribution is -2.16. The van der Waals surface area contributed by atoms with E-state index >= 15 is 0 Å². The van der Waals surface area contributed by atoms with Gasteiger partial charge in [0, 0.05) is 10.9 Å². The molecule has 0 spiro atoms. The van der Waals surface area contributed by atoms with Crippen LogP contribution in [0.5, 0.6) is 0 Å². The molecule has 126 valence electrons. The molecule has 3 rings (SSSR count). The van der Waals surface area contributed by atoms with Gasteiger partial charge in [0.2, 0.25) is 0 Å². The van der Waals surface area contributed by atoms with Crippen LogP contribution in [0.25, 0.3) is 0 Å². The Morgan fingerprint density at radius 1 is 0.920 bits per heavy atom. The van der Waals surface area contributed by atoms with E-state index in [1.54, 1.807) is 12.1 Å². The van der Waals surface area contributed by atoms with Crippen LogP contribution in [0, 0.1) is 0 Å². The van der Waals surface area contributed by atoms with Gasteiger partial charge in [-0.05, 0) is 41.0 Å². The van der Waals surface area contributed by atoms with Crippen LogP contribution in [-0.4, -0.2) is 10.8 Å². The summed E-state index contributed by atoms with van der Waals surface area (Å²) in [7, 11) is 0. The molecular weight excluding hydrogens is 421 g/mol. The number of carbonyl (C=O) groups excluding carboxylic acids is 1. The maximum Gasteiger partial charge on any atom is 0.149 e. The number of halogens is 3. The van der Waals surface area contributed by atoms with E-state index in [4.69, 9.17) is 23.2 Å². The lowest BCUT2D eigenvalue weighted by Gasteiger charge is -2.17. The van der Waals surface area contributed by atoms with E-state index in [1.165, 1.54) is 0 Å². The highest BCUT2D eigenvalue weighted by molar-refractivity contribution is 9.10. The SMILES string of the molecule is O=C(Cc1cc(Cl)nc(Cl)c1)C(c1ccccc1)c1ccc(Br)cc1. The second-order valence-electron chi connectivity index (χ2n) is 5.66. The molecule has 1 unspecified atom stereocenters. The molecule has 0 N–H and O–H groups in total. The van der Waals surface area contributed by atoms with E-state index in [9.17, 15) is 4.79 Å². The van der Waals surface area contributed by atoms with Crippen molar-refractivity contribution in [3.05, 3.63) is 98.2 Å². The molecular formula is C20H14BrCl2NO. The average molecular weight is 435 g/mol. The smallest absolute Gasteiger partial charge is 0.149 e. The molecule has 0 amide bonds. The first-order valence-corrected chi connectivity index (χ1v) is 9.23. The van der Waals surface area contributed by atoms with Crippen molar-refractivity contribution in [3.63, 3.8) is 0 Å². The fourth-order valence-electron chi connectivity index (χ4n) is 2.78. The molecule has 0 aliphatic rings. The number of pyridine rings is 1. The van der Waals surface area contributed by atoms with Gasteiger partial charge in [0.15, 0.2) is 0 Å². The number of hydrogen-bond donors (Lipinski definition) is 0. The third-order valence-corrected chi connectivity index (χ3v) is 4.78. The Morgan fingerprint density at radius 3 is 2.08 bits per heavy atom. The topological polar surface area (TPSA) is 30.0 Å². The fraction of sp³-hybridized carbons (Fsp3) is 0.100. The van der Waals surface area contributed by atoms with Gasteiger partial charge in [-0.25, -0.2) is 4.98 Å². The Bertz CT molecular complexity index is 862. The van der Waals surface area contributed by atoms with Crippen molar-refractivity contribution in [2.75, 3.05) is 0 Å². The summed E-state index contributed by atoms with van der Waals surface area (Å²) < 4.78 is 0.975. The van der Waals surface area contributed by atoms with Crippen LogP contribution in [0.1, 0.15) is 22.6 Å². The molecule has 3 aromatic rings. The zero-order chi connectivity index (χ0) is 17.8. The van der Waals surface area contributed by atoms with Gasteiger partial charge in [-0.15, -0.1) is 0 Å². The molecule has 1 aromatic heterocycles. The molecule has 0 bridgehead atoms. The van der Waals surface area contributed by atoms with E-state index in [2.05, 4.69) is 20.9 Å². The normalized spacial score (nSPS) is 12.0. The summed E-state index contributed by atoms with van der Waals surface area (Å²) in [6.45, 7) is 0. The van der Waals surface area contributed by atoms with E-state index < -0.39 is 0 Å². The zero-order valence-corrected chi connectivity index (χ0v) is 16.2. The summed E-state index contributed by atoms with van der Waals surface area (Å²) in [5.41, 5.74) is 2.67. The molecule has 0 radical (unpaired) electrons. The molecule has 0 aliphatic carbocycles. The van der Waals surface area contributed by atoms with Crippen molar-refractivity contribution in [1.29, 1.82) is 0 Å². The van der Waals surface area contributed by atoms with Gasteiger partial charge >= 0.3 is 0 Å². The molecule has 1 atom stereocenters. The molecule has 2 aromatic carbocycles. The van der Waals surface area contributed by atoms with Crippen molar-refractivity contribution in [2.45, 2.75) is 12.3 Å². The van der Waals surface area contributed by atoms with Gasteiger partial charge in [0.05, 0.1) is 5.92 Å². The van der Waals surface area contributed by atoms with E-state index in [0.717, 1.165) is 21.2 Å². The Labute approximate surface area is 164 Å². The monoisotopic (exact) mass is 433 g/mol. The molecule has 0 aliphatic heterocycles. The minimum Gasteiger partial charge on any atom is -0.298 e. The minimum absolute atomic E-state index is 0.0758. The van der Waals surface area contributed by atoms with Crippen molar-refractivity contribution in [3.8, 4) is 0 Å². The Kier molecular flexibility index (Phi) is 5.89. The van der Waals surface area contributed by atoms with E-state index in [1.807, 2.05) is 54.6 Å². The van der Waals surface area contributed by atoms with Crippen LogP contribution in [0.3, 0.4) is 0 Å². The zero-order valence-electron chi connectivity index (χ0n) is 13.1. The molecule has 5 heteroatoms. The third kappa shape index (κ3) is 4.69. The van der Waals surface area contributed by atoms with Gasteiger partial charge in [-0.1, -0.05) is 81.6 Å². The third-order valence-electron chi connectivity index (χ3n) is 3.86. The van der Waals surface area contributed by atoms with Crippen molar-refractivity contribution in [1.82, 2.24) is 4.98 Å². The molecule has 0 fully saturated rings. The van der Waals surface area contributed by atoms with Gasteiger partial charge < -0.3 is 0 Å². The summed E-state index contributed by atoms with van der Waals surface area (Å²) in [5, 5.41) is 0.574. The van der Waals surface area contributed by atoms with Crippen molar-refractivity contribution in [2.24, 2.45) is 0 Å². The summed E-state index contributed by atoms with van der Waals surface area (Å²) in [6.07, 6.45) is 0.234. The Hall–Kier alpha value is -1.68. The predicted octanol–water partition coefficient (Wildman–Crippen LogP) is 6.09. The number of Topliss-reactive ketones (excluding diaryl/α,β-unsaturated/α-hetero) is 1. The Morgan fingerprint density at radius 2 is 1.48 bits per heavy atom.